The second kappa shape index (κ2) is 13.3. The Bertz CT molecular complexity index is 750. The van der Waals surface area contributed by atoms with E-state index in [9.17, 15) is 13.2 Å². The number of ether oxygens (including phenoxy) is 1. The zero-order valence-corrected chi connectivity index (χ0v) is 18.2. The van der Waals surface area contributed by atoms with E-state index in [0.29, 0.717) is 37.6 Å². The van der Waals surface area contributed by atoms with Gasteiger partial charge in [-0.2, -0.15) is 13.2 Å². The molecule has 0 saturated carbocycles. The van der Waals surface area contributed by atoms with E-state index in [1.165, 1.54) is 0 Å². The molecular formula is C20H25F3IN3O2. The minimum absolute atomic E-state index is 0. The molecule has 2 rings (SSSR count). The van der Waals surface area contributed by atoms with E-state index in [4.69, 9.17) is 9.15 Å². The molecule has 5 nitrogen and oxygen atoms in total. The molecular weight excluding hydrogens is 498 g/mol. The summed E-state index contributed by atoms with van der Waals surface area (Å²) in [6.45, 7) is 3.89. The summed E-state index contributed by atoms with van der Waals surface area (Å²) >= 11 is 0. The highest BCUT2D eigenvalue weighted by Crippen LogP contribution is 2.16. The summed E-state index contributed by atoms with van der Waals surface area (Å²) in [7, 11) is 0. The molecule has 0 atom stereocenters. The highest BCUT2D eigenvalue weighted by atomic mass is 127. The first-order valence-corrected chi connectivity index (χ1v) is 8.84. The third-order valence-corrected chi connectivity index (χ3v) is 3.60. The normalized spacial score (nSPS) is 11.6. The molecule has 0 unspecified atom stereocenters. The first-order chi connectivity index (χ1) is 13.5. The van der Waals surface area contributed by atoms with Gasteiger partial charge in [0.15, 0.2) is 5.96 Å². The first kappa shape index (κ1) is 25.0. The van der Waals surface area contributed by atoms with Crippen LogP contribution in [0.3, 0.4) is 0 Å². The van der Waals surface area contributed by atoms with Crippen molar-refractivity contribution in [1.29, 1.82) is 0 Å². The molecule has 0 radical (unpaired) electrons. The van der Waals surface area contributed by atoms with Gasteiger partial charge in [0.2, 0.25) is 0 Å². The van der Waals surface area contributed by atoms with Crippen molar-refractivity contribution in [3.05, 3.63) is 72.2 Å². The maximum Gasteiger partial charge on any atom is 0.411 e. The molecule has 0 saturated heterocycles. The van der Waals surface area contributed by atoms with Crippen molar-refractivity contribution in [2.75, 3.05) is 19.7 Å². The van der Waals surface area contributed by atoms with Crippen LogP contribution in [0, 0.1) is 0 Å². The fourth-order valence-electron chi connectivity index (χ4n) is 2.37. The van der Waals surface area contributed by atoms with Crippen molar-refractivity contribution in [2.45, 2.75) is 25.7 Å². The Morgan fingerprint density at radius 2 is 1.97 bits per heavy atom. The summed E-state index contributed by atoms with van der Waals surface area (Å²) < 4.78 is 46.5. The molecule has 160 valence electrons. The van der Waals surface area contributed by atoms with Crippen molar-refractivity contribution in [1.82, 2.24) is 10.6 Å². The number of halogens is 4. The van der Waals surface area contributed by atoms with Crippen LogP contribution in [0.4, 0.5) is 13.2 Å². The maximum absolute atomic E-state index is 12.2. The molecule has 1 aromatic heterocycles. The lowest BCUT2D eigenvalue weighted by molar-refractivity contribution is -0.176. The van der Waals surface area contributed by atoms with Gasteiger partial charge in [0.25, 0.3) is 0 Å². The van der Waals surface area contributed by atoms with Crippen LogP contribution >= 0.6 is 24.0 Å². The number of benzene rings is 1. The van der Waals surface area contributed by atoms with Crippen LogP contribution in [-0.2, 0) is 24.3 Å². The number of guanidine groups is 1. The molecule has 2 aromatic rings. The molecule has 0 spiro atoms. The summed E-state index contributed by atoms with van der Waals surface area (Å²) in [5, 5.41) is 6.34. The zero-order valence-electron chi connectivity index (χ0n) is 15.9. The van der Waals surface area contributed by atoms with Crippen LogP contribution in [-0.4, -0.2) is 31.8 Å². The molecule has 0 aliphatic rings. The fraction of sp³-hybridized carbons (Fsp3) is 0.350. The molecule has 2 N–H and O–H groups in total. The molecule has 1 heterocycles. The number of aliphatic imine (C=N–C) groups is 1. The predicted octanol–water partition coefficient (Wildman–Crippen LogP) is 4.44. The number of hydrogen-bond acceptors (Lipinski definition) is 3. The van der Waals surface area contributed by atoms with Crippen LogP contribution in [0.15, 0.2) is 64.7 Å². The summed E-state index contributed by atoms with van der Waals surface area (Å²) in [4.78, 5) is 4.51. The van der Waals surface area contributed by atoms with Crippen LogP contribution < -0.4 is 10.6 Å². The first-order valence-electron chi connectivity index (χ1n) is 8.84. The third-order valence-electron chi connectivity index (χ3n) is 3.60. The van der Waals surface area contributed by atoms with Gasteiger partial charge in [-0.15, -0.1) is 30.6 Å². The Morgan fingerprint density at radius 3 is 2.66 bits per heavy atom. The van der Waals surface area contributed by atoms with E-state index < -0.39 is 12.8 Å². The van der Waals surface area contributed by atoms with E-state index in [0.717, 1.165) is 11.3 Å². The monoisotopic (exact) mass is 523 g/mol. The molecule has 0 aliphatic heterocycles. The van der Waals surface area contributed by atoms with E-state index >= 15 is 0 Å². The Kier molecular flexibility index (Phi) is 11.4. The van der Waals surface area contributed by atoms with Gasteiger partial charge in [0.05, 0.1) is 19.4 Å². The average Bonchev–Trinajstić information content (AvgIpc) is 3.16. The zero-order chi connectivity index (χ0) is 20.2. The number of rotatable bonds is 10. The average molecular weight is 523 g/mol. The van der Waals surface area contributed by atoms with E-state index in [2.05, 4.69) is 22.2 Å². The Balaban J connectivity index is 0.00000420. The van der Waals surface area contributed by atoms with Crippen molar-refractivity contribution in [3.8, 4) is 0 Å². The minimum atomic E-state index is -4.32. The van der Waals surface area contributed by atoms with Crippen molar-refractivity contribution in [2.24, 2.45) is 4.99 Å². The lowest BCUT2D eigenvalue weighted by Crippen LogP contribution is -2.38. The number of furan rings is 1. The van der Waals surface area contributed by atoms with Crippen LogP contribution in [0.5, 0.6) is 0 Å². The highest BCUT2D eigenvalue weighted by molar-refractivity contribution is 14.0. The van der Waals surface area contributed by atoms with Gasteiger partial charge in [0.1, 0.15) is 12.4 Å². The molecule has 29 heavy (non-hydrogen) atoms. The summed E-state index contributed by atoms with van der Waals surface area (Å²) in [5.41, 5.74) is 1.54. The van der Waals surface area contributed by atoms with Crippen molar-refractivity contribution >= 4 is 29.9 Å². The molecule has 0 fully saturated rings. The fourth-order valence-corrected chi connectivity index (χ4v) is 2.37. The maximum atomic E-state index is 12.2. The second-order valence-corrected chi connectivity index (χ2v) is 6.02. The Morgan fingerprint density at radius 1 is 1.17 bits per heavy atom. The Labute approximate surface area is 185 Å². The molecule has 0 bridgehead atoms. The molecule has 0 aliphatic carbocycles. The van der Waals surface area contributed by atoms with E-state index in [-0.39, 0.29) is 30.6 Å². The van der Waals surface area contributed by atoms with Gasteiger partial charge in [0, 0.05) is 19.5 Å². The molecule has 9 heteroatoms. The number of alkyl halides is 3. The predicted molar refractivity (Wildman–Crippen MR) is 117 cm³/mol. The van der Waals surface area contributed by atoms with Gasteiger partial charge < -0.3 is 19.8 Å². The molecule has 1 aromatic carbocycles. The van der Waals surface area contributed by atoms with Crippen LogP contribution in [0.2, 0.25) is 0 Å². The smallest absolute Gasteiger partial charge is 0.411 e. The van der Waals surface area contributed by atoms with Crippen LogP contribution in [0.1, 0.15) is 16.9 Å². The minimum Gasteiger partial charge on any atom is -0.469 e. The van der Waals surface area contributed by atoms with E-state index in [1.807, 2.05) is 18.2 Å². The SMILES string of the molecule is C=CCNC(=NCc1cccc(COCC(F)(F)F)c1)NCCc1ccco1.I. The number of nitrogens with one attached hydrogen (secondary N) is 2. The van der Waals surface area contributed by atoms with Gasteiger partial charge >= 0.3 is 6.18 Å². The Hall–Kier alpha value is -2.01. The van der Waals surface area contributed by atoms with Gasteiger partial charge in [-0.25, -0.2) is 4.99 Å². The van der Waals surface area contributed by atoms with Gasteiger partial charge in [-0.1, -0.05) is 30.3 Å². The number of hydrogen-bond donors (Lipinski definition) is 2. The third kappa shape index (κ3) is 10.9. The lowest BCUT2D eigenvalue weighted by Gasteiger charge is -2.11. The van der Waals surface area contributed by atoms with Gasteiger partial charge in [-0.3, -0.25) is 0 Å². The van der Waals surface area contributed by atoms with Crippen LogP contribution in [0.25, 0.3) is 0 Å². The number of nitrogens with zero attached hydrogens (tertiary/aromatic N) is 1. The highest BCUT2D eigenvalue weighted by Gasteiger charge is 2.27. The second-order valence-electron chi connectivity index (χ2n) is 6.02. The topological polar surface area (TPSA) is 58.8 Å². The van der Waals surface area contributed by atoms with Gasteiger partial charge in [-0.05, 0) is 23.3 Å². The quantitative estimate of drug-likeness (QED) is 0.209. The standard InChI is InChI=1S/C20H24F3N3O2.HI/c1-2-9-24-19(25-10-8-18-7-4-11-28-18)26-13-16-5-3-6-17(12-16)14-27-15-20(21,22)23;/h2-7,11-12H,1,8-10,13-15H2,(H2,24,25,26);1H. The largest absolute Gasteiger partial charge is 0.469 e. The molecule has 0 amide bonds. The van der Waals surface area contributed by atoms with E-state index in [1.54, 1.807) is 30.5 Å². The van der Waals surface area contributed by atoms with Crippen molar-refractivity contribution in [3.63, 3.8) is 0 Å². The van der Waals surface area contributed by atoms with Crippen molar-refractivity contribution < 1.29 is 22.3 Å². The summed E-state index contributed by atoms with van der Waals surface area (Å²) in [6.07, 6.45) is -0.253. The summed E-state index contributed by atoms with van der Waals surface area (Å²) in [6, 6.07) is 10.9. The lowest BCUT2D eigenvalue weighted by atomic mass is 10.1. The summed E-state index contributed by atoms with van der Waals surface area (Å²) in [5.74, 6) is 1.49.